The zero-order valence-electron chi connectivity index (χ0n) is 11.0. The van der Waals surface area contributed by atoms with Crippen LogP contribution in [0.5, 0.6) is 0 Å². The maximum absolute atomic E-state index is 12.0. The second kappa shape index (κ2) is 6.55. The largest absolute Gasteiger partial charge is 0.356 e. The van der Waals surface area contributed by atoms with E-state index in [0.717, 1.165) is 37.5 Å². The van der Waals surface area contributed by atoms with Crippen LogP contribution in [0, 0.1) is 5.92 Å². The zero-order valence-corrected chi connectivity index (χ0v) is 11.0. The predicted molar refractivity (Wildman–Crippen MR) is 73.5 cm³/mol. The minimum absolute atomic E-state index is 0.0621. The van der Waals surface area contributed by atoms with Crippen molar-refractivity contribution in [3.05, 3.63) is 35.9 Å². The smallest absolute Gasteiger partial charge is 0.227 e. The van der Waals surface area contributed by atoms with Gasteiger partial charge in [-0.1, -0.05) is 30.3 Å². The Kier molecular flexibility index (Phi) is 4.76. The molecule has 0 radical (unpaired) electrons. The maximum Gasteiger partial charge on any atom is 0.227 e. The zero-order chi connectivity index (χ0) is 12.8. The van der Waals surface area contributed by atoms with Gasteiger partial charge in [-0.25, -0.2) is 0 Å². The number of benzene rings is 1. The fraction of sp³-hybridized carbons (Fsp3) is 0.533. The third-order valence-corrected chi connectivity index (χ3v) is 3.71. The fourth-order valence-corrected chi connectivity index (χ4v) is 2.41. The first-order valence-electron chi connectivity index (χ1n) is 6.80. The van der Waals surface area contributed by atoms with E-state index in [1.54, 1.807) is 0 Å². The highest BCUT2D eigenvalue weighted by Gasteiger charge is 2.17. The number of carbonyl (C=O) groups excluding carboxylic acids is 1. The van der Waals surface area contributed by atoms with Crippen molar-refractivity contribution >= 4 is 5.91 Å². The lowest BCUT2D eigenvalue weighted by molar-refractivity contribution is -0.122. The van der Waals surface area contributed by atoms with Gasteiger partial charge in [-0.3, -0.25) is 4.79 Å². The summed E-state index contributed by atoms with van der Waals surface area (Å²) in [7, 11) is 0. The van der Waals surface area contributed by atoms with Crippen molar-refractivity contribution in [2.45, 2.75) is 25.7 Å². The third-order valence-electron chi connectivity index (χ3n) is 3.71. The highest BCUT2D eigenvalue weighted by atomic mass is 16.1. The number of amides is 1. The van der Waals surface area contributed by atoms with E-state index in [9.17, 15) is 4.79 Å². The molecule has 0 saturated carbocycles. The van der Waals surface area contributed by atoms with Crippen molar-refractivity contribution in [3.8, 4) is 0 Å². The normalized spacial score (nSPS) is 20.6. The molecule has 1 saturated heterocycles. The monoisotopic (exact) mass is 246 g/mol. The number of rotatable bonds is 5. The van der Waals surface area contributed by atoms with Gasteiger partial charge in [0.15, 0.2) is 0 Å². The summed E-state index contributed by atoms with van der Waals surface area (Å²) in [6.45, 7) is 4.98. The summed E-state index contributed by atoms with van der Waals surface area (Å²) in [6.07, 6.45) is 2.32. The van der Waals surface area contributed by atoms with Gasteiger partial charge in [-0.05, 0) is 44.3 Å². The average Bonchev–Trinajstić information content (AvgIpc) is 2.92. The Balaban J connectivity index is 1.74. The molecule has 2 atom stereocenters. The Morgan fingerprint density at radius 3 is 2.89 bits per heavy atom. The standard InChI is InChI=1S/C15H22N2O/c1-12(14-5-3-2-4-6-14)15(18)17-10-8-13-7-9-16-11-13/h2-6,12-13,16H,7-11H2,1H3,(H,17,18). The van der Waals surface area contributed by atoms with Crippen LogP contribution in [0.15, 0.2) is 30.3 Å². The highest BCUT2D eigenvalue weighted by Crippen LogP contribution is 2.15. The summed E-state index contributed by atoms with van der Waals surface area (Å²) in [5.74, 6) is 0.803. The molecule has 2 rings (SSSR count). The molecule has 3 nitrogen and oxygen atoms in total. The molecule has 0 bridgehead atoms. The molecular weight excluding hydrogens is 224 g/mol. The lowest BCUT2D eigenvalue weighted by Gasteiger charge is -2.14. The summed E-state index contributed by atoms with van der Waals surface area (Å²) < 4.78 is 0. The molecule has 2 N–H and O–H groups in total. The fourth-order valence-electron chi connectivity index (χ4n) is 2.41. The number of hydrogen-bond donors (Lipinski definition) is 2. The Labute approximate surface area is 109 Å². The molecule has 1 heterocycles. The molecule has 1 aromatic carbocycles. The minimum Gasteiger partial charge on any atom is -0.356 e. The topological polar surface area (TPSA) is 41.1 Å². The molecule has 3 heteroatoms. The van der Waals surface area contributed by atoms with E-state index in [4.69, 9.17) is 0 Å². The lowest BCUT2D eigenvalue weighted by Crippen LogP contribution is -2.30. The quantitative estimate of drug-likeness (QED) is 0.833. The third kappa shape index (κ3) is 3.57. The molecule has 0 spiro atoms. The van der Waals surface area contributed by atoms with Gasteiger partial charge >= 0.3 is 0 Å². The molecule has 1 aliphatic rings. The van der Waals surface area contributed by atoms with Crippen molar-refractivity contribution in [1.82, 2.24) is 10.6 Å². The summed E-state index contributed by atoms with van der Waals surface area (Å²) in [5, 5.41) is 6.39. The van der Waals surface area contributed by atoms with Crippen molar-refractivity contribution < 1.29 is 4.79 Å². The van der Waals surface area contributed by atoms with E-state index in [1.807, 2.05) is 37.3 Å². The minimum atomic E-state index is -0.0621. The van der Waals surface area contributed by atoms with E-state index >= 15 is 0 Å². The Hall–Kier alpha value is -1.35. The molecule has 98 valence electrons. The average molecular weight is 246 g/mol. The van der Waals surface area contributed by atoms with Crippen LogP contribution < -0.4 is 10.6 Å². The van der Waals surface area contributed by atoms with Gasteiger partial charge in [-0.2, -0.15) is 0 Å². The molecule has 1 aromatic rings. The predicted octanol–water partition coefficient (Wildman–Crippen LogP) is 1.91. The molecular formula is C15H22N2O. The van der Waals surface area contributed by atoms with Crippen molar-refractivity contribution in [2.75, 3.05) is 19.6 Å². The van der Waals surface area contributed by atoms with E-state index in [1.165, 1.54) is 6.42 Å². The highest BCUT2D eigenvalue weighted by molar-refractivity contribution is 5.83. The van der Waals surface area contributed by atoms with E-state index < -0.39 is 0 Å². The van der Waals surface area contributed by atoms with Crippen molar-refractivity contribution in [2.24, 2.45) is 5.92 Å². The van der Waals surface area contributed by atoms with Crippen LogP contribution in [-0.4, -0.2) is 25.5 Å². The number of hydrogen-bond acceptors (Lipinski definition) is 2. The first-order chi connectivity index (χ1) is 8.77. The molecule has 1 fully saturated rings. The van der Waals surface area contributed by atoms with E-state index in [-0.39, 0.29) is 11.8 Å². The van der Waals surface area contributed by atoms with Crippen LogP contribution >= 0.6 is 0 Å². The van der Waals surface area contributed by atoms with Gasteiger partial charge in [0.2, 0.25) is 5.91 Å². The second-order valence-electron chi connectivity index (χ2n) is 5.07. The first-order valence-corrected chi connectivity index (χ1v) is 6.80. The van der Waals surface area contributed by atoms with Crippen LogP contribution in [0.4, 0.5) is 0 Å². The Morgan fingerprint density at radius 1 is 1.44 bits per heavy atom. The van der Waals surface area contributed by atoms with Crippen LogP contribution in [0.2, 0.25) is 0 Å². The maximum atomic E-state index is 12.0. The lowest BCUT2D eigenvalue weighted by atomic mass is 10.00. The number of nitrogens with one attached hydrogen (secondary N) is 2. The van der Waals surface area contributed by atoms with Gasteiger partial charge in [0.1, 0.15) is 0 Å². The van der Waals surface area contributed by atoms with Gasteiger partial charge in [0, 0.05) is 6.54 Å². The molecule has 1 amide bonds. The Bertz CT molecular complexity index is 371. The summed E-state index contributed by atoms with van der Waals surface area (Å²) in [4.78, 5) is 12.0. The van der Waals surface area contributed by atoms with Gasteiger partial charge in [0.25, 0.3) is 0 Å². The molecule has 0 aromatic heterocycles. The van der Waals surface area contributed by atoms with Gasteiger partial charge in [0.05, 0.1) is 5.92 Å². The van der Waals surface area contributed by atoms with Crippen molar-refractivity contribution in [1.29, 1.82) is 0 Å². The Morgan fingerprint density at radius 2 is 2.22 bits per heavy atom. The van der Waals surface area contributed by atoms with Crippen molar-refractivity contribution in [3.63, 3.8) is 0 Å². The molecule has 1 aliphatic heterocycles. The van der Waals surface area contributed by atoms with Gasteiger partial charge < -0.3 is 10.6 Å². The first kappa shape index (κ1) is 13.1. The van der Waals surface area contributed by atoms with Crippen LogP contribution in [0.1, 0.15) is 31.2 Å². The molecule has 2 unspecified atom stereocenters. The van der Waals surface area contributed by atoms with Gasteiger partial charge in [-0.15, -0.1) is 0 Å². The summed E-state index contributed by atoms with van der Waals surface area (Å²) >= 11 is 0. The number of carbonyl (C=O) groups is 1. The summed E-state index contributed by atoms with van der Waals surface area (Å²) in [6, 6.07) is 9.93. The molecule has 0 aliphatic carbocycles. The molecule has 18 heavy (non-hydrogen) atoms. The van der Waals surface area contributed by atoms with E-state index in [2.05, 4.69) is 10.6 Å². The van der Waals surface area contributed by atoms with Crippen LogP contribution in [0.25, 0.3) is 0 Å². The van der Waals surface area contributed by atoms with E-state index in [0.29, 0.717) is 0 Å². The summed E-state index contributed by atoms with van der Waals surface area (Å²) in [5.41, 5.74) is 1.08. The second-order valence-corrected chi connectivity index (χ2v) is 5.07. The van der Waals surface area contributed by atoms with Crippen LogP contribution in [-0.2, 0) is 4.79 Å². The SMILES string of the molecule is CC(C(=O)NCCC1CCNC1)c1ccccc1. The van der Waals surface area contributed by atoms with Crippen LogP contribution in [0.3, 0.4) is 0 Å².